The fourth-order valence-corrected chi connectivity index (χ4v) is 2.55. The lowest BCUT2D eigenvalue weighted by Gasteiger charge is -2.32. The smallest absolute Gasteiger partial charge is 0.191 e. The number of nitrogens with one attached hydrogen (secondary N) is 2. The molecule has 1 aromatic rings. The number of phenols is 1. The number of guanidine groups is 1. The summed E-state index contributed by atoms with van der Waals surface area (Å²) in [6.45, 7) is 9.51. The molecule has 6 nitrogen and oxygen atoms in total. The Morgan fingerprint density at radius 2 is 2.12 bits per heavy atom. The maximum absolute atomic E-state index is 13.4. The molecular weight excluding hydrogens is 311 g/mol. The quantitative estimate of drug-likeness (QED) is 0.539. The molecule has 3 N–H and O–H groups in total. The molecular formula is C17H27FN4O2. The van der Waals surface area contributed by atoms with Crippen LogP contribution in [0.3, 0.4) is 0 Å². The van der Waals surface area contributed by atoms with Crippen LogP contribution in [-0.2, 0) is 11.3 Å². The van der Waals surface area contributed by atoms with Gasteiger partial charge >= 0.3 is 0 Å². The molecule has 2 rings (SSSR count). The normalized spacial score (nSPS) is 17.5. The van der Waals surface area contributed by atoms with Crippen molar-refractivity contribution in [3.63, 3.8) is 0 Å². The van der Waals surface area contributed by atoms with Crippen molar-refractivity contribution < 1.29 is 14.2 Å². The molecule has 1 fully saturated rings. The van der Waals surface area contributed by atoms with Crippen LogP contribution < -0.4 is 10.6 Å². The average Bonchev–Trinajstić information content (AvgIpc) is 2.60. The summed E-state index contributed by atoms with van der Waals surface area (Å²) in [7, 11) is 0. The van der Waals surface area contributed by atoms with Gasteiger partial charge in [0, 0.05) is 32.2 Å². The molecule has 0 aliphatic carbocycles. The summed E-state index contributed by atoms with van der Waals surface area (Å²) in [6, 6.07) is 4.70. The Balaban J connectivity index is 1.88. The van der Waals surface area contributed by atoms with Gasteiger partial charge in [-0.15, -0.1) is 0 Å². The van der Waals surface area contributed by atoms with Crippen LogP contribution in [0.15, 0.2) is 23.2 Å². The first-order valence-corrected chi connectivity index (χ1v) is 8.41. The van der Waals surface area contributed by atoms with Crippen molar-refractivity contribution in [3.05, 3.63) is 29.6 Å². The number of morpholine rings is 1. The number of aliphatic imine (C=N–C) groups is 1. The zero-order valence-electron chi connectivity index (χ0n) is 14.4. The molecule has 0 saturated carbocycles. The summed E-state index contributed by atoms with van der Waals surface area (Å²) in [6.07, 6.45) is 0. The molecule has 1 saturated heterocycles. The Kier molecular flexibility index (Phi) is 7.27. The van der Waals surface area contributed by atoms with Crippen LogP contribution >= 0.6 is 0 Å². The lowest BCUT2D eigenvalue weighted by atomic mass is 10.2. The Morgan fingerprint density at radius 3 is 2.79 bits per heavy atom. The number of hydrogen-bond acceptors (Lipinski definition) is 4. The van der Waals surface area contributed by atoms with Crippen molar-refractivity contribution in [2.45, 2.75) is 26.4 Å². The molecule has 1 unspecified atom stereocenters. The van der Waals surface area contributed by atoms with E-state index < -0.39 is 5.82 Å². The van der Waals surface area contributed by atoms with Gasteiger partial charge in [-0.05, 0) is 31.5 Å². The maximum atomic E-state index is 13.4. The molecule has 24 heavy (non-hydrogen) atoms. The molecule has 0 amide bonds. The topological polar surface area (TPSA) is 69.1 Å². The van der Waals surface area contributed by atoms with E-state index in [4.69, 9.17) is 4.74 Å². The van der Waals surface area contributed by atoms with Crippen LogP contribution in [0, 0.1) is 5.82 Å². The number of rotatable bonds is 6. The second-order valence-electron chi connectivity index (χ2n) is 5.86. The van der Waals surface area contributed by atoms with Gasteiger partial charge in [0.2, 0.25) is 0 Å². The third-order valence-corrected chi connectivity index (χ3v) is 4.01. The van der Waals surface area contributed by atoms with Crippen LogP contribution in [0.4, 0.5) is 4.39 Å². The minimum Gasteiger partial charge on any atom is -0.505 e. The Morgan fingerprint density at radius 1 is 1.38 bits per heavy atom. The highest BCUT2D eigenvalue weighted by Gasteiger charge is 2.16. The molecule has 1 aliphatic heterocycles. The second-order valence-corrected chi connectivity index (χ2v) is 5.86. The highest BCUT2D eigenvalue weighted by atomic mass is 19.1. The van der Waals surface area contributed by atoms with E-state index in [0.717, 1.165) is 39.4 Å². The molecule has 0 aromatic heterocycles. The molecule has 1 heterocycles. The summed E-state index contributed by atoms with van der Waals surface area (Å²) in [5, 5.41) is 15.7. The van der Waals surface area contributed by atoms with Crippen molar-refractivity contribution in [2.75, 3.05) is 39.4 Å². The number of nitrogens with zero attached hydrogens (tertiary/aromatic N) is 2. The number of aromatic hydroxyl groups is 1. The SMILES string of the molecule is CCNC(=NCc1ccc(O)c(F)c1)NCC(C)N1CCOCC1. The zero-order chi connectivity index (χ0) is 17.4. The van der Waals surface area contributed by atoms with Gasteiger partial charge in [0.15, 0.2) is 17.5 Å². The Labute approximate surface area is 142 Å². The third kappa shape index (κ3) is 5.65. The average molecular weight is 338 g/mol. The zero-order valence-corrected chi connectivity index (χ0v) is 14.4. The first kappa shape index (κ1) is 18.5. The molecule has 7 heteroatoms. The fraction of sp³-hybridized carbons (Fsp3) is 0.588. The number of phenolic OH excluding ortho intramolecular Hbond substituents is 1. The van der Waals surface area contributed by atoms with Crippen LogP contribution in [-0.4, -0.2) is 61.4 Å². The maximum Gasteiger partial charge on any atom is 0.191 e. The van der Waals surface area contributed by atoms with E-state index in [0.29, 0.717) is 24.1 Å². The second kappa shape index (κ2) is 9.44. The molecule has 1 aliphatic rings. The van der Waals surface area contributed by atoms with Crippen molar-refractivity contribution >= 4 is 5.96 Å². The van der Waals surface area contributed by atoms with Gasteiger partial charge in [-0.25, -0.2) is 9.38 Å². The molecule has 0 bridgehead atoms. The first-order valence-electron chi connectivity index (χ1n) is 8.41. The first-order chi connectivity index (χ1) is 11.6. The highest BCUT2D eigenvalue weighted by molar-refractivity contribution is 5.79. The lowest BCUT2D eigenvalue weighted by Crippen LogP contribution is -2.49. The van der Waals surface area contributed by atoms with Crippen molar-refractivity contribution in [1.29, 1.82) is 0 Å². The lowest BCUT2D eigenvalue weighted by molar-refractivity contribution is 0.0211. The summed E-state index contributed by atoms with van der Waals surface area (Å²) in [5.74, 6) is -0.264. The molecule has 0 spiro atoms. The summed E-state index contributed by atoms with van der Waals surface area (Å²) < 4.78 is 18.7. The van der Waals surface area contributed by atoms with Crippen LogP contribution in [0.5, 0.6) is 5.75 Å². The Hall–Kier alpha value is -1.86. The van der Waals surface area contributed by atoms with Gasteiger partial charge in [-0.2, -0.15) is 0 Å². The monoisotopic (exact) mass is 338 g/mol. The predicted octanol–water partition coefficient (Wildman–Crippen LogP) is 1.31. The minimum atomic E-state index is -0.624. The van der Waals surface area contributed by atoms with E-state index in [1.807, 2.05) is 6.92 Å². The number of hydrogen-bond donors (Lipinski definition) is 3. The van der Waals surface area contributed by atoms with Crippen LogP contribution in [0.2, 0.25) is 0 Å². The van der Waals surface area contributed by atoms with Crippen LogP contribution in [0.1, 0.15) is 19.4 Å². The van der Waals surface area contributed by atoms with Gasteiger partial charge in [-0.1, -0.05) is 6.07 Å². The standard InChI is InChI=1S/C17H27FN4O2/c1-3-19-17(20-11-13(2)22-6-8-24-9-7-22)21-12-14-4-5-16(23)15(18)10-14/h4-5,10,13,23H,3,6-9,11-12H2,1-2H3,(H2,19,20,21). The van der Waals surface area contributed by atoms with E-state index in [9.17, 15) is 9.50 Å². The van der Waals surface area contributed by atoms with E-state index in [1.54, 1.807) is 6.07 Å². The molecule has 134 valence electrons. The fourth-order valence-electron chi connectivity index (χ4n) is 2.55. The number of halogens is 1. The summed E-state index contributed by atoms with van der Waals surface area (Å²) in [4.78, 5) is 6.86. The van der Waals surface area contributed by atoms with Gasteiger partial charge in [0.25, 0.3) is 0 Å². The van der Waals surface area contributed by atoms with Gasteiger partial charge in [0.05, 0.1) is 19.8 Å². The number of ether oxygens (including phenoxy) is 1. The molecule has 0 radical (unpaired) electrons. The van der Waals surface area contributed by atoms with E-state index in [1.165, 1.54) is 12.1 Å². The van der Waals surface area contributed by atoms with E-state index in [2.05, 4.69) is 27.4 Å². The summed E-state index contributed by atoms with van der Waals surface area (Å²) >= 11 is 0. The largest absolute Gasteiger partial charge is 0.505 e. The van der Waals surface area contributed by atoms with Crippen molar-refractivity contribution in [1.82, 2.24) is 15.5 Å². The minimum absolute atomic E-state index is 0.341. The molecule has 1 atom stereocenters. The van der Waals surface area contributed by atoms with Gasteiger partial charge in [-0.3, -0.25) is 4.90 Å². The summed E-state index contributed by atoms with van der Waals surface area (Å²) in [5.41, 5.74) is 0.712. The van der Waals surface area contributed by atoms with Gasteiger partial charge in [0.1, 0.15) is 0 Å². The molecule has 1 aromatic carbocycles. The van der Waals surface area contributed by atoms with E-state index in [-0.39, 0.29) is 5.75 Å². The number of benzene rings is 1. The Bertz CT molecular complexity index is 547. The van der Waals surface area contributed by atoms with Gasteiger partial charge < -0.3 is 20.5 Å². The third-order valence-electron chi connectivity index (χ3n) is 4.01. The highest BCUT2D eigenvalue weighted by Crippen LogP contribution is 2.16. The van der Waals surface area contributed by atoms with E-state index >= 15 is 0 Å². The van der Waals surface area contributed by atoms with Crippen molar-refractivity contribution in [3.8, 4) is 5.75 Å². The van der Waals surface area contributed by atoms with Crippen LogP contribution in [0.25, 0.3) is 0 Å². The van der Waals surface area contributed by atoms with Crippen molar-refractivity contribution in [2.24, 2.45) is 4.99 Å². The predicted molar refractivity (Wildman–Crippen MR) is 92.7 cm³/mol.